The predicted octanol–water partition coefficient (Wildman–Crippen LogP) is 8.78. The summed E-state index contributed by atoms with van der Waals surface area (Å²) in [7, 11) is 0. The van der Waals surface area contributed by atoms with Crippen molar-refractivity contribution in [1.29, 1.82) is 0 Å². The molecule has 37 heavy (non-hydrogen) atoms. The number of carbonyl (C=O) groups excluding carboxylic acids is 1. The van der Waals surface area contributed by atoms with Crippen molar-refractivity contribution in [1.82, 2.24) is 0 Å². The van der Waals surface area contributed by atoms with Crippen molar-refractivity contribution >= 4 is 23.1 Å². The van der Waals surface area contributed by atoms with Gasteiger partial charge in [0.2, 0.25) is 0 Å². The Balaban J connectivity index is 0.00000186. The van der Waals surface area contributed by atoms with Crippen LogP contribution in [-0.4, -0.2) is 24.7 Å². The first-order chi connectivity index (χ1) is 17.4. The molecule has 3 aromatic rings. The third-order valence-electron chi connectivity index (χ3n) is 5.28. The number of amides is 1. The lowest BCUT2D eigenvalue weighted by atomic mass is 10.0. The molecule has 1 aliphatic heterocycles. The van der Waals surface area contributed by atoms with Gasteiger partial charge in [-0.15, -0.1) is 24.5 Å². The number of hydrogen-bond donors (Lipinski definition) is 0. The Labute approximate surface area is 219 Å². The Morgan fingerprint density at radius 1 is 1.08 bits per heavy atom. The highest BCUT2D eigenvalue weighted by atomic mass is 32.1. The molecule has 2 aromatic carbocycles. The summed E-state index contributed by atoms with van der Waals surface area (Å²) in [5.74, 6) is 0.0574. The number of ether oxygens (including phenoxy) is 3. The second-order valence-corrected chi connectivity index (χ2v) is 10.3. The molecule has 0 saturated carbocycles. The number of hydrogen-bond acceptors (Lipinski definition) is 5. The molecule has 2 heterocycles. The summed E-state index contributed by atoms with van der Waals surface area (Å²) in [5.41, 5.74) is 0.782. The number of thiophene rings is 1. The third kappa shape index (κ3) is 6.97. The van der Waals surface area contributed by atoms with Gasteiger partial charge >= 0.3 is 12.5 Å². The molecule has 1 aliphatic rings. The molecule has 0 spiro atoms. The number of halogens is 3. The van der Waals surface area contributed by atoms with E-state index in [9.17, 15) is 18.0 Å². The lowest BCUT2D eigenvalue weighted by Gasteiger charge is -2.38. The first-order valence-corrected chi connectivity index (χ1v) is 13.0. The fourth-order valence-electron chi connectivity index (χ4n) is 3.87. The first kappa shape index (κ1) is 28.4. The van der Waals surface area contributed by atoms with Crippen LogP contribution in [0.1, 0.15) is 57.3 Å². The molecular weight excluding hydrogens is 503 g/mol. The summed E-state index contributed by atoms with van der Waals surface area (Å²) in [6, 6.07) is 14.5. The molecule has 9 heteroatoms. The van der Waals surface area contributed by atoms with E-state index in [2.05, 4.69) is 11.7 Å². The second kappa shape index (κ2) is 11.5. The van der Waals surface area contributed by atoms with Crippen LogP contribution in [0.15, 0.2) is 54.6 Å². The average molecular weight is 536 g/mol. The van der Waals surface area contributed by atoms with Crippen LogP contribution in [0.2, 0.25) is 0 Å². The summed E-state index contributed by atoms with van der Waals surface area (Å²) in [6.45, 7) is 11.6. The number of fused-ring (bicyclic) bond motifs is 1. The third-order valence-corrected chi connectivity index (χ3v) is 6.61. The lowest BCUT2D eigenvalue weighted by molar-refractivity contribution is -0.274. The van der Waals surface area contributed by atoms with Crippen LogP contribution in [0.5, 0.6) is 11.5 Å². The molecule has 1 unspecified atom stereocenters. The van der Waals surface area contributed by atoms with Crippen molar-refractivity contribution < 1.29 is 32.2 Å². The van der Waals surface area contributed by atoms with Crippen molar-refractivity contribution in [2.45, 2.75) is 66.0 Å². The van der Waals surface area contributed by atoms with E-state index in [-0.39, 0.29) is 12.4 Å². The molecule has 1 amide bonds. The van der Waals surface area contributed by atoms with Gasteiger partial charge in [-0.25, -0.2) is 4.79 Å². The highest BCUT2D eigenvalue weighted by Crippen LogP contribution is 2.47. The van der Waals surface area contributed by atoms with Gasteiger partial charge in [-0.3, -0.25) is 4.90 Å². The number of benzene rings is 2. The maximum absolute atomic E-state index is 13.4. The van der Waals surface area contributed by atoms with Gasteiger partial charge in [-0.05, 0) is 63.1 Å². The van der Waals surface area contributed by atoms with Gasteiger partial charge in [0.05, 0.1) is 5.69 Å². The molecule has 0 N–H and O–H groups in total. The van der Waals surface area contributed by atoms with E-state index in [1.807, 2.05) is 26.0 Å². The monoisotopic (exact) mass is 535 g/mol. The summed E-state index contributed by atoms with van der Waals surface area (Å²) >= 11 is 1.61. The van der Waals surface area contributed by atoms with Crippen LogP contribution in [0, 0.1) is 0 Å². The molecule has 0 aliphatic carbocycles. The largest absolute Gasteiger partial charge is 0.573 e. The highest BCUT2D eigenvalue weighted by molar-refractivity contribution is 7.12. The van der Waals surface area contributed by atoms with Gasteiger partial charge in [-0.1, -0.05) is 45.0 Å². The number of nitrogens with zero attached hydrogens (tertiary/aromatic N) is 1. The minimum Gasteiger partial charge on any atom is -0.488 e. The molecule has 1 atom stereocenters. The summed E-state index contributed by atoms with van der Waals surface area (Å²) in [6.07, 6.45) is -4.45. The van der Waals surface area contributed by atoms with E-state index in [0.29, 0.717) is 22.6 Å². The Morgan fingerprint density at radius 2 is 1.78 bits per heavy atom. The van der Waals surface area contributed by atoms with Crippen molar-refractivity contribution in [2.75, 3.05) is 11.5 Å². The lowest BCUT2D eigenvalue weighted by Crippen LogP contribution is -2.43. The topological polar surface area (TPSA) is 48.0 Å². The van der Waals surface area contributed by atoms with Crippen LogP contribution >= 0.6 is 11.3 Å². The van der Waals surface area contributed by atoms with Gasteiger partial charge in [0, 0.05) is 15.3 Å². The SMILES string of the molecule is CC.CCc1ccc(C2COc3c(-c4cccc(OC(F)(F)F)c4)cccc3N2C(=O)OC(C)(C)C)s1. The van der Waals surface area contributed by atoms with E-state index >= 15 is 0 Å². The zero-order chi connectivity index (χ0) is 27.4. The number of anilines is 1. The van der Waals surface area contributed by atoms with E-state index < -0.39 is 24.1 Å². The molecule has 0 fully saturated rings. The molecule has 0 radical (unpaired) electrons. The molecule has 5 nitrogen and oxygen atoms in total. The zero-order valence-electron chi connectivity index (χ0n) is 21.8. The minimum atomic E-state index is -4.80. The molecule has 200 valence electrons. The summed E-state index contributed by atoms with van der Waals surface area (Å²) < 4.78 is 54.2. The number of carbonyl (C=O) groups is 1. The van der Waals surface area contributed by atoms with Crippen molar-refractivity contribution in [3.05, 3.63) is 64.4 Å². The number of alkyl halides is 3. The Kier molecular flexibility index (Phi) is 8.79. The number of para-hydroxylation sites is 1. The normalized spacial score (nSPS) is 15.2. The maximum Gasteiger partial charge on any atom is 0.573 e. The Hall–Kier alpha value is -3.20. The molecule has 4 rings (SSSR count). The van der Waals surface area contributed by atoms with Gasteiger partial charge in [0.25, 0.3) is 0 Å². The van der Waals surface area contributed by atoms with E-state index in [4.69, 9.17) is 9.47 Å². The average Bonchev–Trinajstić information content (AvgIpc) is 3.31. The summed E-state index contributed by atoms with van der Waals surface area (Å²) in [4.78, 5) is 17.1. The van der Waals surface area contributed by atoms with E-state index in [1.54, 1.807) is 61.3 Å². The van der Waals surface area contributed by atoms with Crippen molar-refractivity contribution in [2.24, 2.45) is 0 Å². The van der Waals surface area contributed by atoms with Gasteiger partial charge in [-0.2, -0.15) is 0 Å². The van der Waals surface area contributed by atoms with Gasteiger partial charge in [0.15, 0.2) is 5.75 Å². The molecular formula is C28H32F3NO4S. The van der Waals surface area contributed by atoms with Crippen LogP contribution in [0.25, 0.3) is 11.1 Å². The fourth-order valence-corrected chi connectivity index (χ4v) is 4.90. The quantitative estimate of drug-likeness (QED) is 0.335. The van der Waals surface area contributed by atoms with Gasteiger partial charge < -0.3 is 14.2 Å². The predicted molar refractivity (Wildman–Crippen MR) is 141 cm³/mol. The smallest absolute Gasteiger partial charge is 0.488 e. The van der Waals surface area contributed by atoms with Crippen LogP contribution < -0.4 is 14.4 Å². The van der Waals surface area contributed by atoms with Crippen molar-refractivity contribution in [3.8, 4) is 22.6 Å². The van der Waals surface area contributed by atoms with E-state index in [1.165, 1.54) is 23.1 Å². The highest BCUT2D eigenvalue weighted by Gasteiger charge is 2.38. The van der Waals surface area contributed by atoms with Crippen LogP contribution in [-0.2, 0) is 11.2 Å². The second-order valence-electron chi connectivity index (χ2n) is 9.06. The maximum atomic E-state index is 13.4. The number of rotatable bonds is 4. The zero-order valence-corrected chi connectivity index (χ0v) is 22.6. The first-order valence-electron chi connectivity index (χ1n) is 12.2. The molecule has 0 bridgehead atoms. The minimum absolute atomic E-state index is 0.172. The summed E-state index contributed by atoms with van der Waals surface area (Å²) in [5, 5.41) is 0. The standard InChI is InChI=1S/C26H26F3NO4S.C2H6/c1-5-18-12-13-22(35-18)21-15-32-23-19(16-8-6-9-17(14-16)33-26(27,28)29)10-7-11-20(23)30(21)24(31)34-25(2,3)4;1-2/h6-14,21H,5,15H2,1-4H3;1-2H3. The van der Waals surface area contributed by atoms with E-state index in [0.717, 1.165) is 11.3 Å². The molecule has 1 aromatic heterocycles. The Bertz CT molecular complexity index is 1220. The molecule has 0 saturated heterocycles. The Morgan fingerprint density at radius 3 is 2.41 bits per heavy atom. The number of aryl methyl sites for hydroxylation is 1. The van der Waals surface area contributed by atoms with Crippen molar-refractivity contribution in [3.63, 3.8) is 0 Å². The van der Waals surface area contributed by atoms with Gasteiger partial charge in [0.1, 0.15) is 24.0 Å². The van der Waals surface area contributed by atoms with Crippen LogP contribution in [0.4, 0.5) is 23.7 Å². The van der Waals surface area contributed by atoms with Crippen LogP contribution in [0.3, 0.4) is 0 Å². The fraction of sp³-hybridized carbons (Fsp3) is 0.393.